The summed E-state index contributed by atoms with van der Waals surface area (Å²) in [5.41, 5.74) is 1.81. The zero-order valence-electron chi connectivity index (χ0n) is 26.3. The molecule has 0 unspecified atom stereocenters. The lowest BCUT2D eigenvalue weighted by atomic mass is 9.99. The van der Waals surface area contributed by atoms with E-state index in [0.717, 1.165) is 0 Å². The Bertz CT molecular complexity index is 1760. The molecule has 0 aliphatic carbocycles. The highest BCUT2D eigenvalue weighted by Crippen LogP contribution is 2.28. The van der Waals surface area contributed by atoms with Crippen molar-refractivity contribution in [2.45, 2.75) is 26.4 Å². The Morgan fingerprint density at radius 2 is 0.560 bits per heavy atom. The summed E-state index contributed by atoms with van der Waals surface area (Å²) < 4.78 is 23.9. The molecule has 0 spiro atoms. The molecule has 12 nitrogen and oxygen atoms in total. The number of ether oxygens (including phenoxy) is 4. The maximum absolute atomic E-state index is 11.8. The second-order valence-electron chi connectivity index (χ2n) is 10.7. The first kappa shape index (κ1) is 34.5. The summed E-state index contributed by atoms with van der Waals surface area (Å²) in [5, 5.41) is 38.7. The topological polar surface area (TPSA) is 186 Å². The molecule has 0 amide bonds. The monoisotopic (exact) mass is 678 g/mol. The van der Waals surface area contributed by atoms with Gasteiger partial charge in [-0.15, -0.1) is 0 Å². The van der Waals surface area contributed by atoms with Crippen LogP contribution in [0.15, 0.2) is 109 Å². The maximum atomic E-state index is 11.8. The summed E-state index contributed by atoms with van der Waals surface area (Å²) in [7, 11) is 0. The first-order valence-electron chi connectivity index (χ1n) is 15.1. The van der Waals surface area contributed by atoms with Gasteiger partial charge in [-0.2, -0.15) is 0 Å². The molecule has 0 aliphatic rings. The minimum atomic E-state index is -1.19. The first-order valence-corrected chi connectivity index (χ1v) is 15.1. The SMILES string of the molecule is O=C(O)c1ccccc1OCc1cc(COc2ccccc2C(=O)O)c(COc2ccccc2C(=O)O)cc1COc1ccccc1C(=O)O. The molecule has 0 saturated heterocycles. The molecule has 0 aliphatic heterocycles. The number of carbonyl (C=O) groups is 4. The fourth-order valence-corrected chi connectivity index (χ4v) is 5.03. The number of aromatic carboxylic acids is 4. The molecule has 5 aromatic carbocycles. The predicted octanol–water partition coefficient (Wildman–Crippen LogP) is 6.80. The summed E-state index contributed by atoms with van der Waals surface area (Å²) in [4.78, 5) is 47.4. The van der Waals surface area contributed by atoms with Crippen LogP contribution >= 0.6 is 0 Å². The summed E-state index contributed by atoms with van der Waals surface area (Å²) in [5.74, 6) is -4.32. The largest absolute Gasteiger partial charge is 0.488 e. The molecule has 0 radical (unpaired) electrons. The molecule has 5 aromatic rings. The molecular formula is C38H30O12. The van der Waals surface area contributed by atoms with E-state index in [4.69, 9.17) is 18.9 Å². The number of rotatable bonds is 16. The van der Waals surface area contributed by atoms with Crippen LogP contribution in [0.4, 0.5) is 0 Å². The number of hydrogen-bond acceptors (Lipinski definition) is 8. The third-order valence-electron chi connectivity index (χ3n) is 7.52. The minimum absolute atomic E-state index is 0.0587. The fourth-order valence-electron chi connectivity index (χ4n) is 5.03. The van der Waals surface area contributed by atoms with Crippen molar-refractivity contribution in [1.29, 1.82) is 0 Å². The van der Waals surface area contributed by atoms with Crippen LogP contribution in [-0.4, -0.2) is 44.3 Å². The minimum Gasteiger partial charge on any atom is -0.488 e. The lowest BCUT2D eigenvalue weighted by Crippen LogP contribution is -2.13. The highest BCUT2D eigenvalue weighted by molar-refractivity contribution is 5.92. The molecule has 0 bridgehead atoms. The van der Waals surface area contributed by atoms with Gasteiger partial charge in [0.2, 0.25) is 0 Å². The van der Waals surface area contributed by atoms with Crippen LogP contribution in [0, 0.1) is 0 Å². The van der Waals surface area contributed by atoms with Gasteiger partial charge in [0.15, 0.2) is 0 Å². The van der Waals surface area contributed by atoms with Crippen molar-refractivity contribution in [3.05, 3.63) is 154 Å². The Kier molecular flexibility index (Phi) is 10.9. The number of hydrogen-bond donors (Lipinski definition) is 4. The zero-order valence-corrected chi connectivity index (χ0v) is 26.3. The average molecular weight is 679 g/mol. The van der Waals surface area contributed by atoms with Crippen molar-refractivity contribution in [1.82, 2.24) is 0 Å². The number of carboxylic acid groups (broad SMARTS) is 4. The van der Waals surface area contributed by atoms with Crippen molar-refractivity contribution in [2.75, 3.05) is 0 Å². The van der Waals surface area contributed by atoms with Gasteiger partial charge in [-0.05, 0) is 82.9 Å². The quantitative estimate of drug-likeness (QED) is 0.0857. The van der Waals surface area contributed by atoms with E-state index >= 15 is 0 Å². The predicted molar refractivity (Wildman–Crippen MR) is 177 cm³/mol. The first-order chi connectivity index (χ1) is 24.1. The van der Waals surface area contributed by atoms with Crippen molar-refractivity contribution in [2.24, 2.45) is 0 Å². The third-order valence-corrected chi connectivity index (χ3v) is 7.52. The van der Waals surface area contributed by atoms with Crippen LogP contribution in [0.25, 0.3) is 0 Å². The van der Waals surface area contributed by atoms with Crippen LogP contribution in [0.2, 0.25) is 0 Å². The molecule has 0 heterocycles. The maximum Gasteiger partial charge on any atom is 0.339 e. The van der Waals surface area contributed by atoms with Crippen LogP contribution in [-0.2, 0) is 26.4 Å². The molecule has 254 valence electrons. The van der Waals surface area contributed by atoms with Gasteiger partial charge in [-0.1, -0.05) is 48.5 Å². The number of benzene rings is 5. The van der Waals surface area contributed by atoms with E-state index in [1.165, 1.54) is 48.5 Å². The van der Waals surface area contributed by atoms with Crippen molar-refractivity contribution < 1.29 is 58.6 Å². The summed E-state index contributed by atoms with van der Waals surface area (Å²) in [6.07, 6.45) is 0. The average Bonchev–Trinajstić information content (AvgIpc) is 3.12. The Hall–Kier alpha value is -6.82. The Morgan fingerprint density at radius 3 is 0.760 bits per heavy atom. The lowest BCUT2D eigenvalue weighted by Gasteiger charge is -2.20. The van der Waals surface area contributed by atoms with E-state index in [0.29, 0.717) is 22.3 Å². The highest BCUT2D eigenvalue weighted by Gasteiger charge is 2.19. The van der Waals surface area contributed by atoms with Crippen molar-refractivity contribution in [3.63, 3.8) is 0 Å². The molecule has 5 rings (SSSR count). The smallest absolute Gasteiger partial charge is 0.339 e. The van der Waals surface area contributed by atoms with E-state index in [2.05, 4.69) is 0 Å². The molecule has 0 atom stereocenters. The summed E-state index contributed by atoms with van der Waals surface area (Å²) in [6.45, 7) is -0.590. The summed E-state index contributed by atoms with van der Waals surface area (Å²) >= 11 is 0. The fraction of sp³-hybridized carbons (Fsp3) is 0.105. The van der Waals surface area contributed by atoms with Gasteiger partial charge in [-0.25, -0.2) is 19.2 Å². The van der Waals surface area contributed by atoms with Gasteiger partial charge in [0, 0.05) is 0 Å². The second kappa shape index (κ2) is 15.8. The molecular weight excluding hydrogens is 648 g/mol. The van der Waals surface area contributed by atoms with E-state index < -0.39 is 23.9 Å². The van der Waals surface area contributed by atoms with Crippen LogP contribution < -0.4 is 18.9 Å². The van der Waals surface area contributed by atoms with Crippen LogP contribution in [0.1, 0.15) is 63.7 Å². The zero-order chi connectivity index (χ0) is 35.6. The van der Waals surface area contributed by atoms with E-state index in [1.54, 1.807) is 60.7 Å². The highest BCUT2D eigenvalue weighted by atomic mass is 16.5. The van der Waals surface area contributed by atoms with Crippen LogP contribution in [0.5, 0.6) is 23.0 Å². The summed E-state index contributed by atoms with van der Waals surface area (Å²) in [6, 6.07) is 27.8. The molecule has 12 heteroatoms. The lowest BCUT2D eigenvalue weighted by molar-refractivity contribution is 0.0680. The Balaban J connectivity index is 1.56. The van der Waals surface area contributed by atoms with Crippen molar-refractivity contribution in [3.8, 4) is 23.0 Å². The van der Waals surface area contributed by atoms with E-state index in [9.17, 15) is 39.6 Å². The molecule has 0 fully saturated rings. The van der Waals surface area contributed by atoms with Crippen molar-refractivity contribution >= 4 is 23.9 Å². The number of para-hydroxylation sites is 4. The Morgan fingerprint density at radius 1 is 0.360 bits per heavy atom. The number of carboxylic acids is 4. The van der Waals surface area contributed by atoms with Gasteiger partial charge >= 0.3 is 23.9 Å². The Labute approximate surface area is 285 Å². The molecule has 0 aromatic heterocycles. The molecule has 0 saturated carbocycles. The van der Waals surface area contributed by atoms with E-state index in [-0.39, 0.29) is 71.7 Å². The van der Waals surface area contributed by atoms with Gasteiger partial charge in [0.1, 0.15) is 71.7 Å². The van der Waals surface area contributed by atoms with Gasteiger partial charge in [0.05, 0.1) is 0 Å². The van der Waals surface area contributed by atoms with Crippen LogP contribution in [0.3, 0.4) is 0 Å². The molecule has 50 heavy (non-hydrogen) atoms. The van der Waals surface area contributed by atoms with E-state index in [1.807, 2.05) is 0 Å². The van der Waals surface area contributed by atoms with Gasteiger partial charge in [0.25, 0.3) is 0 Å². The molecule has 4 N–H and O–H groups in total. The normalized spacial score (nSPS) is 10.6. The van der Waals surface area contributed by atoms with Gasteiger partial charge < -0.3 is 39.4 Å². The second-order valence-corrected chi connectivity index (χ2v) is 10.7. The van der Waals surface area contributed by atoms with Gasteiger partial charge in [-0.3, -0.25) is 0 Å². The standard InChI is InChI=1S/C38H30O12/c39-35(40)27-9-1-5-13-31(27)47-19-23-17-25(21-49-33-15-7-3-11-29(33)37(43)44)26(22-50-34-16-8-4-12-30(34)38(45)46)18-24(23)20-48-32-14-6-2-10-28(32)36(41)42/h1-18H,19-22H2,(H,39,40)(H,41,42)(H,43,44)(H,45,46). The third kappa shape index (κ3) is 8.36.